The number of anilines is 2. The largest absolute Gasteiger partial charge is 0.472 e. The number of hydrogen-bond donors (Lipinski definition) is 2. The summed E-state index contributed by atoms with van der Waals surface area (Å²) in [6.07, 6.45) is -0.425. The van der Waals surface area contributed by atoms with Crippen LogP contribution in [0.2, 0.25) is 0 Å². The molecule has 2 aromatic heterocycles. The molecule has 0 spiro atoms. The predicted octanol–water partition coefficient (Wildman–Crippen LogP) is 4.60. The maximum absolute atomic E-state index is 16.8. The van der Waals surface area contributed by atoms with Crippen LogP contribution in [-0.2, 0) is 10.9 Å². The van der Waals surface area contributed by atoms with Gasteiger partial charge in [0.15, 0.2) is 5.82 Å². The number of morpholine rings is 1. The Morgan fingerprint density at radius 1 is 1.12 bits per heavy atom. The van der Waals surface area contributed by atoms with Gasteiger partial charge >= 0.3 is 12.2 Å². The van der Waals surface area contributed by atoms with E-state index in [4.69, 9.17) is 24.9 Å². The van der Waals surface area contributed by atoms with Crippen molar-refractivity contribution in [3.8, 4) is 23.1 Å². The van der Waals surface area contributed by atoms with Crippen molar-refractivity contribution in [1.82, 2.24) is 25.2 Å². The predicted molar refractivity (Wildman–Crippen MR) is 165 cm³/mol. The first-order chi connectivity index (χ1) is 22.9. The first-order valence-corrected chi connectivity index (χ1v) is 16.6. The number of halogens is 5. The molecule has 48 heavy (non-hydrogen) atoms. The van der Waals surface area contributed by atoms with Gasteiger partial charge < -0.3 is 30.2 Å². The molecule has 10 nitrogen and oxygen atoms in total. The number of aromatic nitrogens is 3. The van der Waals surface area contributed by atoms with E-state index in [1.807, 2.05) is 6.92 Å². The summed E-state index contributed by atoms with van der Waals surface area (Å²) in [5.74, 6) is -2.07. The van der Waals surface area contributed by atoms with Gasteiger partial charge in [-0.2, -0.15) is 23.1 Å². The molecular weight excluding hydrogens is 637 g/mol. The lowest BCUT2D eigenvalue weighted by Crippen LogP contribution is -2.62. The molecule has 3 aromatic rings. The molecule has 6 aliphatic rings. The number of nitrogens with zero attached hydrogens (tertiary/aromatic N) is 5. The second kappa shape index (κ2) is 10.5. The van der Waals surface area contributed by atoms with Crippen LogP contribution in [0, 0.1) is 24.0 Å². The lowest BCUT2D eigenvalue weighted by Gasteiger charge is -2.42. The molecule has 9 rings (SSSR count). The number of piperazine rings is 1. The highest BCUT2D eigenvalue weighted by Gasteiger charge is 2.50. The Kier molecular flexibility index (Phi) is 6.65. The van der Waals surface area contributed by atoms with Gasteiger partial charge in [-0.1, -0.05) is 0 Å². The minimum atomic E-state index is -5.03. The molecule has 3 N–H and O–H groups in total. The fourth-order valence-corrected chi connectivity index (χ4v) is 8.75. The Balaban J connectivity index is 1.18. The van der Waals surface area contributed by atoms with Crippen LogP contribution in [0.1, 0.15) is 50.2 Å². The third kappa shape index (κ3) is 4.71. The third-order valence-corrected chi connectivity index (χ3v) is 11.3. The van der Waals surface area contributed by atoms with Crippen LogP contribution < -0.4 is 25.4 Å². The summed E-state index contributed by atoms with van der Waals surface area (Å²) in [6.45, 7) is 6.19. The van der Waals surface area contributed by atoms with Gasteiger partial charge in [0.25, 0.3) is 0 Å². The number of benzene rings is 1. The summed E-state index contributed by atoms with van der Waals surface area (Å²) in [4.78, 5) is 18.2. The number of ether oxygens (including phenoxy) is 3. The van der Waals surface area contributed by atoms with E-state index in [0.29, 0.717) is 25.0 Å². The number of nitrogens with two attached hydrogens (primary N) is 1. The van der Waals surface area contributed by atoms with Gasteiger partial charge in [0, 0.05) is 48.7 Å². The van der Waals surface area contributed by atoms with Crippen molar-refractivity contribution in [2.45, 2.75) is 88.5 Å². The second-order valence-corrected chi connectivity index (χ2v) is 14.5. The van der Waals surface area contributed by atoms with E-state index in [0.717, 1.165) is 64.8 Å². The van der Waals surface area contributed by atoms with Crippen molar-refractivity contribution >= 4 is 22.4 Å². The van der Waals surface area contributed by atoms with E-state index in [-0.39, 0.29) is 52.4 Å². The normalized spacial score (nSPS) is 30.0. The molecular formula is C33H36F5N7O3. The molecule has 0 radical (unpaired) electrons. The molecule has 1 aliphatic carbocycles. The number of rotatable bonds is 6. The van der Waals surface area contributed by atoms with Gasteiger partial charge in [0.1, 0.15) is 34.3 Å². The molecule has 5 aliphatic heterocycles. The van der Waals surface area contributed by atoms with Crippen LogP contribution in [0.5, 0.6) is 11.9 Å². The minimum Gasteiger partial charge on any atom is -0.472 e. The van der Waals surface area contributed by atoms with Gasteiger partial charge in [0.2, 0.25) is 5.88 Å². The number of alkyl halides is 3. The van der Waals surface area contributed by atoms with Crippen molar-refractivity contribution in [3.63, 3.8) is 0 Å². The molecule has 256 valence electrons. The molecule has 4 bridgehead atoms. The fourth-order valence-electron chi connectivity index (χ4n) is 8.75. The van der Waals surface area contributed by atoms with E-state index in [1.165, 1.54) is 0 Å². The minimum absolute atomic E-state index is 0.0534. The SMILES string of the molecule is Cc1c(F)c(N)cc(-c2nc3c4c(nc(OCC5(CN6C[C@@H]7C[C@H]6CO7)CC5)nc4c2F)N2C[C@H]4CC[C@H](N4)[C@H]2[C@H](C)O3)c1C(F)(F)F. The zero-order valence-corrected chi connectivity index (χ0v) is 26.5. The highest BCUT2D eigenvalue weighted by atomic mass is 19.4. The lowest BCUT2D eigenvalue weighted by molar-refractivity contribution is -0.137. The fraction of sp³-hybridized carbons (Fsp3) is 0.606. The topological polar surface area (TPSA) is 111 Å². The zero-order chi connectivity index (χ0) is 33.3. The number of nitrogen functional groups attached to an aromatic ring is 1. The van der Waals surface area contributed by atoms with Gasteiger partial charge in [-0.15, -0.1) is 0 Å². The zero-order valence-electron chi connectivity index (χ0n) is 26.5. The van der Waals surface area contributed by atoms with E-state index in [9.17, 15) is 17.6 Å². The molecule has 0 unspecified atom stereocenters. The summed E-state index contributed by atoms with van der Waals surface area (Å²) < 4.78 is 93.3. The maximum Gasteiger partial charge on any atom is 0.417 e. The van der Waals surface area contributed by atoms with Crippen LogP contribution >= 0.6 is 0 Å². The van der Waals surface area contributed by atoms with Gasteiger partial charge in [0.05, 0.1) is 36.6 Å². The summed E-state index contributed by atoms with van der Waals surface area (Å²) in [5, 5.41) is 3.79. The number of likely N-dealkylation sites (tertiary alicyclic amines) is 1. The molecule has 1 saturated carbocycles. The summed E-state index contributed by atoms with van der Waals surface area (Å²) in [7, 11) is 0. The highest BCUT2D eigenvalue weighted by molar-refractivity contribution is 5.97. The molecule has 5 fully saturated rings. The van der Waals surface area contributed by atoms with Crippen molar-refractivity contribution in [3.05, 3.63) is 28.8 Å². The van der Waals surface area contributed by atoms with Crippen molar-refractivity contribution < 1.29 is 36.2 Å². The molecule has 0 amide bonds. The van der Waals surface area contributed by atoms with Gasteiger partial charge in [-0.05, 0) is 57.6 Å². The lowest BCUT2D eigenvalue weighted by atomic mass is 9.96. The standard InChI is InChI=1S/C33H36F5N7O3/c1-14-23(33(36,37)38)19(8-20(39)24(14)34)26-25(35)27-22-29(45-9-16-3-4-21(40-16)28(45)15(2)48-30(22)41-26)43-31(42-27)47-13-32(5-6-32)12-44-10-18-7-17(44)11-46-18/h8,15-18,21,28,40H,3-7,9-13,39H2,1-2H3/t15-,16+,17-,18-,21-,28+/m0/s1. The van der Waals surface area contributed by atoms with Crippen LogP contribution in [-0.4, -0.2) is 89.1 Å². The monoisotopic (exact) mass is 673 g/mol. The van der Waals surface area contributed by atoms with Crippen LogP contribution in [0.25, 0.3) is 22.2 Å². The Hall–Kier alpha value is -3.56. The van der Waals surface area contributed by atoms with E-state index >= 15 is 4.39 Å². The Labute approximate surface area is 273 Å². The van der Waals surface area contributed by atoms with E-state index in [2.05, 4.69) is 25.1 Å². The molecule has 7 heterocycles. The Bertz CT molecular complexity index is 1840. The van der Waals surface area contributed by atoms with E-state index < -0.39 is 52.0 Å². The first-order valence-electron chi connectivity index (χ1n) is 16.6. The van der Waals surface area contributed by atoms with Crippen LogP contribution in [0.4, 0.5) is 33.5 Å². The first kappa shape index (κ1) is 30.5. The summed E-state index contributed by atoms with van der Waals surface area (Å²) >= 11 is 0. The molecule has 15 heteroatoms. The smallest absolute Gasteiger partial charge is 0.417 e. The van der Waals surface area contributed by atoms with Gasteiger partial charge in [-0.25, -0.2) is 13.8 Å². The quantitative estimate of drug-likeness (QED) is 0.285. The average molecular weight is 674 g/mol. The maximum atomic E-state index is 16.8. The average Bonchev–Trinajstić information content (AvgIpc) is 3.31. The summed E-state index contributed by atoms with van der Waals surface area (Å²) in [5.41, 5.74) is 1.36. The molecule has 1 aromatic carbocycles. The van der Waals surface area contributed by atoms with Gasteiger partial charge in [-0.3, -0.25) is 4.90 Å². The van der Waals surface area contributed by atoms with Crippen molar-refractivity contribution in [1.29, 1.82) is 0 Å². The van der Waals surface area contributed by atoms with Crippen molar-refractivity contribution in [2.75, 3.05) is 43.5 Å². The number of pyridine rings is 1. The van der Waals surface area contributed by atoms with Crippen LogP contribution in [0.15, 0.2) is 6.07 Å². The molecule has 4 saturated heterocycles. The van der Waals surface area contributed by atoms with E-state index in [1.54, 1.807) is 0 Å². The second-order valence-electron chi connectivity index (χ2n) is 14.5. The molecule has 6 atom stereocenters. The number of nitrogens with one attached hydrogen (secondary N) is 1. The number of fused-ring (bicyclic) bond motifs is 7. The Morgan fingerprint density at radius 2 is 1.94 bits per heavy atom. The van der Waals surface area contributed by atoms with Crippen molar-refractivity contribution in [2.24, 2.45) is 5.41 Å². The third-order valence-electron chi connectivity index (χ3n) is 11.3. The number of hydrogen-bond acceptors (Lipinski definition) is 10. The highest BCUT2D eigenvalue weighted by Crippen LogP contribution is 2.50. The summed E-state index contributed by atoms with van der Waals surface area (Å²) in [6, 6.07) is 1.13. The Morgan fingerprint density at radius 3 is 2.65 bits per heavy atom. The van der Waals surface area contributed by atoms with Crippen LogP contribution in [0.3, 0.4) is 0 Å².